The van der Waals surface area contributed by atoms with Crippen molar-refractivity contribution in [2.45, 2.75) is 31.3 Å². The second kappa shape index (κ2) is 5.70. The normalized spacial score (nSPS) is 15.4. The van der Waals surface area contributed by atoms with Gasteiger partial charge < -0.3 is 9.88 Å². The molecule has 0 saturated heterocycles. The molecule has 0 unspecified atom stereocenters. The lowest BCUT2D eigenvalue weighted by atomic mass is 10.4. The van der Waals surface area contributed by atoms with Crippen molar-refractivity contribution in [1.82, 2.24) is 19.6 Å². The summed E-state index contributed by atoms with van der Waals surface area (Å²) in [7, 11) is -3.59. The summed E-state index contributed by atoms with van der Waals surface area (Å²) in [4.78, 5) is 15.2. The molecule has 8 heteroatoms. The van der Waals surface area contributed by atoms with E-state index in [9.17, 15) is 13.2 Å². The molecule has 7 nitrogen and oxygen atoms in total. The molecular formula is C11H18N4O3S. The Kier molecular flexibility index (Phi) is 4.20. The summed E-state index contributed by atoms with van der Waals surface area (Å²) in [5.41, 5.74) is 0. The van der Waals surface area contributed by atoms with E-state index in [-0.39, 0.29) is 23.4 Å². The number of carbonyl (C=O) groups is 1. The maximum atomic E-state index is 11.9. The number of nitrogens with zero attached hydrogens (tertiary/aromatic N) is 2. The van der Waals surface area contributed by atoms with Gasteiger partial charge in [0.2, 0.25) is 5.91 Å². The Hall–Kier alpha value is -1.41. The zero-order valence-corrected chi connectivity index (χ0v) is 11.6. The third-order valence-electron chi connectivity index (χ3n) is 2.91. The van der Waals surface area contributed by atoms with E-state index in [0.717, 1.165) is 12.8 Å². The van der Waals surface area contributed by atoms with Crippen LogP contribution in [-0.2, 0) is 21.4 Å². The molecule has 0 bridgehead atoms. The summed E-state index contributed by atoms with van der Waals surface area (Å²) in [5.74, 6) is 0.145. The van der Waals surface area contributed by atoms with Crippen LogP contribution in [0.5, 0.6) is 0 Å². The molecule has 0 aliphatic heterocycles. The quantitative estimate of drug-likeness (QED) is 0.673. The fourth-order valence-corrected chi connectivity index (χ4v) is 2.56. The van der Waals surface area contributed by atoms with Crippen LogP contribution in [0, 0.1) is 5.92 Å². The van der Waals surface area contributed by atoms with Gasteiger partial charge in [0.1, 0.15) is 0 Å². The first-order valence-electron chi connectivity index (χ1n) is 6.32. The van der Waals surface area contributed by atoms with E-state index in [4.69, 9.17) is 0 Å². The fourth-order valence-electron chi connectivity index (χ4n) is 1.59. The number of imidazole rings is 1. The number of aromatic nitrogens is 2. The molecule has 2 rings (SSSR count). The molecule has 1 saturated carbocycles. The van der Waals surface area contributed by atoms with E-state index in [1.807, 2.05) is 6.92 Å². The van der Waals surface area contributed by atoms with Crippen LogP contribution in [0.1, 0.15) is 19.8 Å². The molecule has 0 aromatic carbocycles. The first-order chi connectivity index (χ1) is 9.03. The third-order valence-corrected chi connectivity index (χ3v) is 4.26. The molecule has 106 valence electrons. The third kappa shape index (κ3) is 3.77. The minimum absolute atomic E-state index is 0.00266. The van der Waals surface area contributed by atoms with Gasteiger partial charge in [-0.1, -0.05) is 0 Å². The maximum absolute atomic E-state index is 11.9. The average Bonchev–Trinajstić information content (AvgIpc) is 3.11. The number of hydrogen-bond donors (Lipinski definition) is 2. The van der Waals surface area contributed by atoms with Gasteiger partial charge >= 0.3 is 0 Å². The molecule has 1 aromatic rings. The number of amides is 1. The molecule has 1 aromatic heterocycles. The number of nitrogens with one attached hydrogen (secondary N) is 2. The van der Waals surface area contributed by atoms with Gasteiger partial charge in [-0.15, -0.1) is 0 Å². The summed E-state index contributed by atoms with van der Waals surface area (Å²) in [5, 5.41) is 2.70. The monoisotopic (exact) mass is 286 g/mol. The number of carbonyl (C=O) groups excluding carboxylic acids is 1. The molecule has 1 aliphatic rings. The SMILES string of the molecule is CCn1cnc(S(=O)(=O)NCCNC(=O)C2CC2)c1. The lowest BCUT2D eigenvalue weighted by Crippen LogP contribution is -2.35. The van der Waals surface area contributed by atoms with E-state index in [2.05, 4.69) is 15.0 Å². The summed E-state index contributed by atoms with van der Waals surface area (Å²) in [6.45, 7) is 3.03. The number of hydrogen-bond acceptors (Lipinski definition) is 4. The molecule has 1 fully saturated rings. The van der Waals surface area contributed by atoms with Gasteiger partial charge in [-0.05, 0) is 19.8 Å². The van der Waals surface area contributed by atoms with Gasteiger partial charge in [0, 0.05) is 31.7 Å². The summed E-state index contributed by atoms with van der Waals surface area (Å²) in [6.07, 6.45) is 4.83. The Morgan fingerprint density at radius 3 is 2.79 bits per heavy atom. The van der Waals surface area contributed by atoms with E-state index in [1.54, 1.807) is 4.57 Å². The van der Waals surface area contributed by atoms with Crippen LogP contribution in [0.4, 0.5) is 0 Å². The Balaban J connectivity index is 1.78. The van der Waals surface area contributed by atoms with Gasteiger partial charge in [-0.2, -0.15) is 0 Å². The topological polar surface area (TPSA) is 93.1 Å². The second-order valence-electron chi connectivity index (χ2n) is 4.51. The predicted octanol–water partition coefficient (Wildman–Crippen LogP) is -0.292. The van der Waals surface area contributed by atoms with Crippen LogP contribution in [0.2, 0.25) is 0 Å². The van der Waals surface area contributed by atoms with Gasteiger partial charge in [0.25, 0.3) is 10.0 Å². The van der Waals surface area contributed by atoms with Gasteiger partial charge in [-0.25, -0.2) is 18.1 Å². The van der Waals surface area contributed by atoms with Crippen LogP contribution in [-0.4, -0.2) is 37.0 Å². The maximum Gasteiger partial charge on any atom is 0.259 e. The van der Waals surface area contributed by atoms with Crippen molar-refractivity contribution in [3.8, 4) is 0 Å². The highest BCUT2D eigenvalue weighted by Gasteiger charge is 2.29. The minimum atomic E-state index is -3.59. The lowest BCUT2D eigenvalue weighted by Gasteiger charge is -2.05. The minimum Gasteiger partial charge on any atom is -0.355 e. The van der Waals surface area contributed by atoms with Crippen molar-refractivity contribution in [2.75, 3.05) is 13.1 Å². The highest BCUT2D eigenvalue weighted by molar-refractivity contribution is 7.89. The first kappa shape index (κ1) is 14.0. The number of aryl methyl sites for hydroxylation is 1. The summed E-state index contributed by atoms with van der Waals surface area (Å²) < 4.78 is 27.8. The lowest BCUT2D eigenvalue weighted by molar-refractivity contribution is -0.122. The van der Waals surface area contributed by atoms with E-state index < -0.39 is 10.0 Å². The average molecular weight is 286 g/mol. The van der Waals surface area contributed by atoms with E-state index in [1.165, 1.54) is 12.5 Å². The van der Waals surface area contributed by atoms with Gasteiger partial charge in [0.15, 0.2) is 5.03 Å². The fraction of sp³-hybridized carbons (Fsp3) is 0.636. The largest absolute Gasteiger partial charge is 0.355 e. The number of rotatable bonds is 7. The van der Waals surface area contributed by atoms with Crippen LogP contribution in [0.15, 0.2) is 17.6 Å². The highest BCUT2D eigenvalue weighted by atomic mass is 32.2. The van der Waals surface area contributed by atoms with Crippen LogP contribution in [0.25, 0.3) is 0 Å². The van der Waals surface area contributed by atoms with Crippen molar-refractivity contribution in [3.63, 3.8) is 0 Å². The zero-order valence-electron chi connectivity index (χ0n) is 10.8. The molecular weight excluding hydrogens is 268 g/mol. The van der Waals surface area contributed by atoms with Gasteiger partial charge in [-0.3, -0.25) is 4.79 Å². The standard InChI is InChI=1S/C11H18N4O3S/c1-2-15-7-10(13-8-15)19(17,18)14-6-5-12-11(16)9-3-4-9/h7-9,14H,2-6H2,1H3,(H,12,16). The molecule has 1 aliphatic carbocycles. The highest BCUT2D eigenvalue weighted by Crippen LogP contribution is 2.28. The second-order valence-corrected chi connectivity index (χ2v) is 6.22. The van der Waals surface area contributed by atoms with Crippen LogP contribution >= 0.6 is 0 Å². The van der Waals surface area contributed by atoms with E-state index >= 15 is 0 Å². The predicted molar refractivity (Wildman–Crippen MR) is 68.8 cm³/mol. The van der Waals surface area contributed by atoms with E-state index in [0.29, 0.717) is 13.1 Å². The Bertz CT molecular complexity index is 548. The van der Waals surface area contributed by atoms with Crippen LogP contribution in [0.3, 0.4) is 0 Å². The van der Waals surface area contributed by atoms with Crippen molar-refractivity contribution in [3.05, 3.63) is 12.5 Å². The van der Waals surface area contributed by atoms with Crippen molar-refractivity contribution in [2.24, 2.45) is 5.92 Å². The Morgan fingerprint density at radius 1 is 1.47 bits per heavy atom. The van der Waals surface area contributed by atoms with Gasteiger partial charge in [0.05, 0.1) is 6.33 Å². The molecule has 2 N–H and O–H groups in total. The number of sulfonamides is 1. The zero-order chi connectivity index (χ0) is 13.9. The van der Waals surface area contributed by atoms with Crippen molar-refractivity contribution in [1.29, 1.82) is 0 Å². The molecule has 1 amide bonds. The Morgan fingerprint density at radius 2 is 2.21 bits per heavy atom. The van der Waals surface area contributed by atoms with Crippen LogP contribution < -0.4 is 10.0 Å². The Labute approximate surface area is 112 Å². The molecule has 1 heterocycles. The smallest absolute Gasteiger partial charge is 0.259 e. The van der Waals surface area contributed by atoms with Crippen molar-refractivity contribution >= 4 is 15.9 Å². The molecule has 19 heavy (non-hydrogen) atoms. The summed E-state index contributed by atoms with van der Waals surface area (Å²) in [6, 6.07) is 0. The molecule has 0 spiro atoms. The van der Waals surface area contributed by atoms with Crippen molar-refractivity contribution < 1.29 is 13.2 Å². The summed E-state index contributed by atoms with van der Waals surface area (Å²) >= 11 is 0. The molecule has 0 atom stereocenters. The molecule has 0 radical (unpaired) electrons. The first-order valence-corrected chi connectivity index (χ1v) is 7.80.